The van der Waals surface area contributed by atoms with E-state index in [9.17, 15) is 28.3 Å². The quantitative estimate of drug-likeness (QED) is 0.461. The van der Waals surface area contributed by atoms with E-state index >= 15 is 0 Å². The molecule has 1 aliphatic heterocycles. The number of nitrogens with zero attached hydrogens (tertiary/aromatic N) is 4. The summed E-state index contributed by atoms with van der Waals surface area (Å²) in [5.74, 6) is -3.54. The van der Waals surface area contributed by atoms with E-state index in [-0.39, 0.29) is 37.6 Å². The number of fused-ring (bicyclic) bond motifs is 1. The Morgan fingerprint density at radius 1 is 1.30 bits per heavy atom. The van der Waals surface area contributed by atoms with Crippen molar-refractivity contribution in [2.75, 3.05) is 25.4 Å². The van der Waals surface area contributed by atoms with Gasteiger partial charge in [-0.1, -0.05) is 11.2 Å². The predicted octanol–water partition coefficient (Wildman–Crippen LogP) is 1.64. The highest BCUT2D eigenvalue weighted by Crippen LogP contribution is 2.24. The summed E-state index contributed by atoms with van der Waals surface area (Å²) in [6.45, 7) is 3.46. The van der Waals surface area contributed by atoms with Gasteiger partial charge in [0.25, 0.3) is 11.8 Å². The van der Waals surface area contributed by atoms with Crippen molar-refractivity contribution in [2.24, 2.45) is 0 Å². The summed E-state index contributed by atoms with van der Waals surface area (Å²) in [6, 6.07) is 4.16. The highest BCUT2D eigenvalue weighted by atomic mass is 19.1. The zero-order valence-electron chi connectivity index (χ0n) is 20.3. The lowest BCUT2D eigenvalue weighted by Crippen LogP contribution is -2.57. The summed E-state index contributed by atoms with van der Waals surface area (Å²) in [6.07, 6.45) is 1.14. The first-order valence-corrected chi connectivity index (χ1v) is 11.3. The number of halogens is 2. The second-order valence-corrected chi connectivity index (χ2v) is 8.65. The highest BCUT2D eigenvalue weighted by molar-refractivity contribution is 5.99. The largest absolute Gasteiger partial charge is 0.502 e. The van der Waals surface area contributed by atoms with Crippen LogP contribution in [0.4, 0.5) is 8.78 Å². The van der Waals surface area contributed by atoms with E-state index in [1.54, 1.807) is 24.9 Å². The predicted molar refractivity (Wildman–Crippen MR) is 125 cm³/mol. The molecule has 0 bridgehead atoms. The number of carbonyl (C=O) groups is 2. The van der Waals surface area contributed by atoms with Crippen LogP contribution in [0.25, 0.3) is 0 Å². The van der Waals surface area contributed by atoms with E-state index in [2.05, 4.69) is 10.5 Å². The Morgan fingerprint density at radius 3 is 2.70 bits per heavy atom. The van der Waals surface area contributed by atoms with Gasteiger partial charge in [-0.15, -0.1) is 0 Å². The summed E-state index contributed by atoms with van der Waals surface area (Å²) < 4.78 is 38.6. The van der Waals surface area contributed by atoms with Gasteiger partial charge >= 0.3 is 0 Å². The molecule has 0 spiro atoms. The molecule has 1 atom stereocenters. The van der Waals surface area contributed by atoms with Gasteiger partial charge in [-0.25, -0.2) is 8.78 Å². The fraction of sp³-hybridized carbons (Fsp3) is 0.333. The van der Waals surface area contributed by atoms with Gasteiger partial charge in [-0.3, -0.25) is 24.1 Å². The fourth-order valence-corrected chi connectivity index (χ4v) is 4.03. The number of hydrogen-bond donors (Lipinski definition) is 2. The number of aromatic nitrogens is 2. The molecule has 0 saturated carbocycles. The lowest BCUT2D eigenvalue weighted by atomic mass is 10.1. The van der Waals surface area contributed by atoms with Crippen LogP contribution in [0.5, 0.6) is 5.75 Å². The van der Waals surface area contributed by atoms with Crippen molar-refractivity contribution in [1.29, 1.82) is 0 Å². The lowest BCUT2D eigenvalue weighted by Gasteiger charge is -2.41. The Morgan fingerprint density at radius 2 is 2.05 bits per heavy atom. The number of benzene rings is 1. The van der Waals surface area contributed by atoms with Crippen LogP contribution in [0.15, 0.2) is 39.8 Å². The van der Waals surface area contributed by atoms with Crippen molar-refractivity contribution in [2.45, 2.75) is 33.0 Å². The fourth-order valence-electron chi connectivity index (χ4n) is 4.03. The van der Waals surface area contributed by atoms with Crippen LogP contribution in [0.1, 0.15) is 44.8 Å². The summed E-state index contributed by atoms with van der Waals surface area (Å²) in [5, 5.41) is 18.7. The number of ether oxygens (including phenoxy) is 1. The first kappa shape index (κ1) is 25.8. The number of amides is 2. The first-order valence-electron chi connectivity index (χ1n) is 11.3. The normalized spacial score (nSPS) is 14.0. The highest BCUT2D eigenvalue weighted by Gasteiger charge is 2.36. The summed E-state index contributed by atoms with van der Waals surface area (Å²) in [7, 11) is 1.49. The zero-order chi connectivity index (χ0) is 26.9. The van der Waals surface area contributed by atoms with Crippen molar-refractivity contribution in [1.82, 2.24) is 20.0 Å². The maximum atomic E-state index is 14.0. The van der Waals surface area contributed by atoms with E-state index < -0.39 is 46.2 Å². The number of pyridine rings is 1. The number of rotatable bonds is 8. The van der Waals surface area contributed by atoms with Gasteiger partial charge in [0, 0.05) is 37.5 Å². The number of aryl methyl sites for hydroxylation is 1. The molecule has 0 saturated heterocycles. The Balaban J connectivity index is 1.71. The SMILES string of the molecule is COC[C@H](C)N1CN(Cc2cc(C)on2)n2cc(C(=O)NCc3ccc(F)cc3F)c(=O)c(O)c2C1=O. The Hall–Kier alpha value is -4.26. The maximum absolute atomic E-state index is 14.0. The Labute approximate surface area is 209 Å². The average Bonchev–Trinajstić information content (AvgIpc) is 3.26. The molecule has 2 amide bonds. The average molecular weight is 517 g/mol. The van der Waals surface area contributed by atoms with Gasteiger partial charge in [0.15, 0.2) is 11.4 Å². The standard InChI is InChI=1S/C24H25F2N5O6/c1-13(11-36-3)30-12-29(9-17-6-14(2)37-28-17)31-10-18(21(32)22(33)20(31)24(30)35)23(34)27-8-15-4-5-16(25)7-19(15)26/h4-7,10,13,33H,8-9,11-12H2,1-3H3,(H,27,34)/t13-/m0/s1. The van der Waals surface area contributed by atoms with Crippen molar-refractivity contribution in [3.8, 4) is 5.75 Å². The van der Waals surface area contributed by atoms with Crippen LogP contribution in [0.3, 0.4) is 0 Å². The van der Waals surface area contributed by atoms with Crippen molar-refractivity contribution < 1.29 is 32.7 Å². The molecule has 4 rings (SSSR count). The third-order valence-electron chi connectivity index (χ3n) is 5.91. The number of carbonyl (C=O) groups excluding carboxylic acids is 2. The number of methoxy groups -OCH3 is 1. The number of aromatic hydroxyl groups is 1. The van der Waals surface area contributed by atoms with Crippen molar-refractivity contribution in [3.63, 3.8) is 0 Å². The van der Waals surface area contributed by atoms with Crippen LogP contribution in [0, 0.1) is 18.6 Å². The van der Waals surface area contributed by atoms with Crippen LogP contribution in [-0.4, -0.2) is 58.1 Å². The molecule has 2 aromatic heterocycles. The van der Waals surface area contributed by atoms with Gasteiger partial charge in [-0.05, 0) is 19.9 Å². The monoisotopic (exact) mass is 517 g/mol. The molecule has 13 heteroatoms. The van der Waals surface area contributed by atoms with E-state index in [0.29, 0.717) is 17.5 Å². The third-order valence-corrected chi connectivity index (χ3v) is 5.91. The second-order valence-electron chi connectivity index (χ2n) is 8.65. The van der Waals surface area contributed by atoms with Crippen LogP contribution in [0.2, 0.25) is 0 Å². The van der Waals surface area contributed by atoms with Crippen molar-refractivity contribution >= 4 is 11.8 Å². The molecule has 0 aliphatic carbocycles. The minimum absolute atomic E-state index is 0.00184. The third kappa shape index (κ3) is 5.16. The summed E-state index contributed by atoms with van der Waals surface area (Å²) in [5.41, 5.74) is -1.38. The first-order chi connectivity index (χ1) is 17.6. The molecule has 11 nitrogen and oxygen atoms in total. The molecule has 0 fully saturated rings. The smallest absolute Gasteiger partial charge is 0.278 e. The Kier molecular flexibility index (Phi) is 7.25. The van der Waals surface area contributed by atoms with Crippen LogP contribution >= 0.6 is 0 Å². The molecule has 0 unspecified atom stereocenters. The minimum atomic E-state index is -1.07. The molecule has 1 aromatic carbocycles. The summed E-state index contributed by atoms with van der Waals surface area (Å²) >= 11 is 0. The Bertz CT molecular complexity index is 1400. The lowest BCUT2D eigenvalue weighted by molar-refractivity contribution is 0.0477. The summed E-state index contributed by atoms with van der Waals surface area (Å²) in [4.78, 5) is 40.5. The van der Waals surface area contributed by atoms with E-state index in [1.165, 1.54) is 16.7 Å². The van der Waals surface area contributed by atoms with Gasteiger partial charge in [0.1, 0.15) is 35.3 Å². The van der Waals surface area contributed by atoms with Gasteiger partial charge in [0.05, 0.1) is 19.2 Å². The van der Waals surface area contributed by atoms with E-state index in [1.807, 2.05) is 0 Å². The molecule has 3 heterocycles. The van der Waals surface area contributed by atoms with E-state index in [4.69, 9.17) is 9.26 Å². The second kappa shape index (κ2) is 10.4. The maximum Gasteiger partial charge on any atom is 0.278 e. The molecule has 1 aliphatic rings. The van der Waals surface area contributed by atoms with Crippen LogP contribution < -0.4 is 15.8 Å². The van der Waals surface area contributed by atoms with Gasteiger partial charge in [-0.2, -0.15) is 0 Å². The van der Waals surface area contributed by atoms with Gasteiger partial charge < -0.3 is 24.6 Å². The molecular weight excluding hydrogens is 492 g/mol. The molecule has 196 valence electrons. The number of nitrogens with one attached hydrogen (secondary N) is 1. The van der Waals surface area contributed by atoms with Crippen LogP contribution in [-0.2, 0) is 17.8 Å². The van der Waals surface area contributed by atoms with E-state index in [0.717, 1.165) is 18.3 Å². The number of hydrogen-bond acceptors (Lipinski definition) is 8. The molecule has 3 aromatic rings. The zero-order valence-corrected chi connectivity index (χ0v) is 20.3. The minimum Gasteiger partial charge on any atom is -0.502 e. The molecule has 37 heavy (non-hydrogen) atoms. The molecule has 2 N–H and O–H groups in total. The van der Waals surface area contributed by atoms with Crippen molar-refractivity contribution in [3.05, 3.63) is 80.6 Å². The molecule has 0 radical (unpaired) electrons. The topological polar surface area (TPSA) is 130 Å². The molecular formula is C24H25F2N5O6. The van der Waals surface area contributed by atoms with Gasteiger partial charge in [0.2, 0.25) is 5.43 Å².